The van der Waals surface area contributed by atoms with Gasteiger partial charge in [0.15, 0.2) is 0 Å². The summed E-state index contributed by atoms with van der Waals surface area (Å²) in [7, 11) is 0. The topological polar surface area (TPSA) is 121 Å². The van der Waals surface area contributed by atoms with Gasteiger partial charge in [0.2, 0.25) is 11.8 Å². The second kappa shape index (κ2) is 11.3. The van der Waals surface area contributed by atoms with Crippen LogP contribution in [0, 0.1) is 0 Å². The van der Waals surface area contributed by atoms with Gasteiger partial charge in [-0.3, -0.25) is 14.5 Å². The Morgan fingerprint density at radius 1 is 1.23 bits per heavy atom. The molecule has 0 bridgehead atoms. The number of carbonyl (C=O) groups excluding carboxylic acids is 3. The minimum absolute atomic E-state index is 0.103. The summed E-state index contributed by atoms with van der Waals surface area (Å²) in [6.07, 6.45) is 3.91. The Bertz CT molecular complexity index is 360. The van der Waals surface area contributed by atoms with E-state index in [-0.39, 0.29) is 6.42 Å². The van der Waals surface area contributed by atoms with Crippen LogP contribution in [-0.4, -0.2) is 58.0 Å². The van der Waals surface area contributed by atoms with Gasteiger partial charge < -0.3 is 20.7 Å². The Kier molecular flexibility index (Phi) is 10.6. The number of hydrogen-bond donors (Lipinski definition) is 3. The monoisotopic (exact) mass is 316 g/mol. The second-order valence-corrected chi connectivity index (χ2v) is 5.42. The number of aliphatic hydroxyl groups is 2. The molecular formula is C15H28N2O5. The van der Waals surface area contributed by atoms with Gasteiger partial charge in [0.05, 0.1) is 12.7 Å². The van der Waals surface area contributed by atoms with E-state index in [1.54, 1.807) is 0 Å². The fraction of sp³-hybridized carbons (Fsp3) is 0.800. The first-order chi connectivity index (χ1) is 10.4. The predicted molar refractivity (Wildman–Crippen MR) is 81.8 cm³/mol. The minimum atomic E-state index is -1.31. The van der Waals surface area contributed by atoms with Crippen molar-refractivity contribution < 1.29 is 24.6 Å². The molecule has 0 saturated heterocycles. The molecule has 7 nitrogen and oxygen atoms in total. The molecule has 7 heteroatoms. The Labute approximate surface area is 131 Å². The third-order valence-corrected chi connectivity index (χ3v) is 3.48. The quantitative estimate of drug-likeness (QED) is 0.363. The lowest BCUT2D eigenvalue weighted by Crippen LogP contribution is -2.56. The van der Waals surface area contributed by atoms with Gasteiger partial charge in [-0.05, 0) is 13.3 Å². The van der Waals surface area contributed by atoms with Gasteiger partial charge in [0.25, 0.3) is 0 Å². The van der Waals surface area contributed by atoms with Crippen LogP contribution in [0.5, 0.6) is 0 Å². The second-order valence-electron chi connectivity index (χ2n) is 5.42. The zero-order valence-corrected chi connectivity index (χ0v) is 13.4. The van der Waals surface area contributed by atoms with Crippen molar-refractivity contribution in [3.05, 3.63) is 0 Å². The molecule has 22 heavy (non-hydrogen) atoms. The normalized spacial score (nSPS) is 15.0. The van der Waals surface area contributed by atoms with Crippen LogP contribution in [-0.2, 0) is 14.4 Å². The molecule has 0 aliphatic carbocycles. The minimum Gasteiger partial charge on any atom is -0.394 e. The highest BCUT2D eigenvalue weighted by Crippen LogP contribution is 2.11. The van der Waals surface area contributed by atoms with E-state index >= 15 is 0 Å². The molecule has 0 fully saturated rings. The maximum absolute atomic E-state index is 12.2. The molecule has 0 spiro atoms. The lowest BCUT2D eigenvalue weighted by Gasteiger charge is -2.28. The van der Waals surface area contributed by atoms with Crippen LogP contribution >= 0.6 is 0 Å². The molecule has 128 valence electrons. The summed E-state index contributed by atoms with van der Waals surface area (Å²) < 4.78 is 0. The van der Waals surface area contributed by atoms with Crippen LogP contribution < -0.4 is 5.73 Å². The van der Waals surface area contributed by atoms with Crippen molar-refractivity contribution in [1.29, 1.82) is 0 Å². The van der Waals surface area contributed by atoms with E-state index in [1.165, 1.54) is 6.92 Å². The number of hydrogen-bond acceptors (Lipinski definition) is 6. The van der Waals surface area contributed by atoms with Crippen molar-refractivity contribution in [2.24, 2.45) is 5.73 Å². The van der Waals surface area contributed by atoms with Gasteiger partial charge in [0.1, 0.15) is 18.4 Å². The fourth-order valence-electron chi connectivity index (χ4n) is 2.02. The van der Waals surface area contributed by atoms with E-state index < -0.39 is 36.6 Å². The van der Waals surface area contributed by atoms with Gasteiger partial charge in [-0.15, -0.1) is 0 Å². The first kappa shape index (κ1) is 20.7. The first-order valence-electron chi connectivity index (χ1n) is 7.76. The van der Waals surface area contributed by atoms with Crippen molar-refractivity contribution in [3.63, 3.8) is 0 Å². The van der Waals surface area contributed by atoms with Gasteiger partial charge >= 0.3 is 0 Å². The Morgan fingerprint density at radius 3 is 2.27 bits per heavy atom. The number of rotatable bonds is 11. The van der Waals surface area contributed by atoms with Crippen LogP contribution in [0.3, 0.4) is 0 Å². The summed E-state index contributed by atoms with van der Waals surface area (Å²) in [4.78, 5) is 36.0. The molecule has 0 radical (unpaired) electrons. The molecule has 0 aromatic carbocycles. The predicted octanol–water partition coefficient (Wildman–Crippen LogP) is -0.0300. The molecule has 0 heterocycles. The molecule has 0 aromatic heterocycles. The molecule has 0 aliphatic heterocycles. The Hall–Kier alpha value is -1.31. The zero-order chi connectivity index (χ0) is 17.1. The maximum atomic E-state index is 12.2. The molecular weight excluding hydrogens is 288 g/mol. The van der Waals surface area contributed by atoms with Gasteiger partial charge in [-0.25, -0.2) is 0 Å². The van der Waals surface area contributed by atoms with E-state index in [1.807, 2.05) is 0 Å². The van der Waals surface area contributed by atoms with Gasteiger partial charge in [-0.2, -0.15) is 0 Å². The third-order valence-electron chi connectivity index (χ3n) is 3.48. The van der Waals surface area contributed by atoms with Crippen molar-refractivity contribution in [1.82, 2.24) is 4.90 Å². The maximum Gasteiger partial charge on any atom is 0.249 e. The Balaban J connectivity index is 4.81. The molecule has 0 aliphatic rings. The molecule has 0 saturated carbocycles. The summed E-state index contributed by atoms with van der Waals surface area (Å²) in [6, 6.07) is -2.57. The van der Waals surface area contributed by atoms with Crippen LogP contribution in [0.15, 0.2) is 0 Å². The van der Waals surface area contributed by atoms with Crippen molar-refractivity contribution in [2.45, 2.75) is 70.6 Å². The van der Waals surface area contributed by atoms with Crippen LogP contribution in [0.25, 0.3) is 0 Å². The molecule has 0 rings (SSSR count). The highest BCUT2D eigenvalue weighted by molar-refractivity contribution is 6.00. The van der Waals surface area contributed by atoms with Gasteiger partial charge in [0, 0.05) is 6.42 Å². The van der Waals surface area contributed by atoms with E-state index in [0.717, 1.165) is 25.7 Å². The van der Waals surface area contributed by atoms with Crippen molar-refractivity contribution in [3.8, 4) is 0 Å². The van der Waals surface area contributed by atoms with Crippen LogP contribution in [0.1, 0.15) is 52.4 Å². The number of nitrogens with zero attached hydrogens (tertiary/aromatic N) is 1. The highest BCUT2D eigenvalue weighted by atomic mass is 16.3. The van der Waals surface area contributed by atoms with E-state index in [9.17, 15) is 24.6 Å². The summed E-state index contributed by atoms with van der Waals surface area (Å²) >= 11 is 0. The number of aliphatic hydroxyl groups excluding tert-OH is 2. The number of aldehydes is 1. The van der Waals surface area contributed by atoms with E-state index in [2.05, 4.69) is 6.92 Å². The van der Waals surface area contributed by atoms with E-state index in [0.29, 0.717) is 17.6 Å². The largest absolute Gasteiger partial charge is 0.394 e. The number of nitrogens with two attached hydrogens (primary N) is 1. The molecule has 2 amide bonds. The van der Waals surface area contributed by atoms with Crippen molar-refractivity contribution in [2.75, 3.05) is 6.61 Å². The van der Waals surface area contributed by atoms with Crippen LogP contribution in [0.2, 0.25) is 0 Å². The molecule has 4 N–H and O–H groups in total. The van der Waals surface area contributed by atoms with Crippen LogP contribution in [0.4, 0.5) is 0 Å². The van der Waals surface area contributed by atoms with Crippen molar-refractivity contribution >= 4 is 18.1 Å². The number of imide groups is 1. The standard InChI is InChI=1S/C15H28N2O5/c1-3-4-5-6-7-8-13(21)17(12(9-18)10-19)15(22)14(16)11(2)20/h9,11-12,14,19-20H,3-8,10,16H2,1-2H3/t11-,12+,14+/m1/s1. The summed E-state index contributed by atoms with van der Waals surface area (Å²) in [5.74, 6) is -1.40. The molecule has 0 unspecified atom stereocenters. The fourth-order valence-corrected chi connectivity index (χ4v) is 2.02. The summed E-state index contributed by atoms with van der Waals surface area (Å²) in [5, 5.41) is 18.6. The number of amides is 2. The molecule has 3 atom stereocenters. The summed E-state index contributed by atoms with van der Waals surface area (Å²) in [5.41, 5.74) is 5.55. The molecule has 0 aromatic rings. The highest BCUT2D eigenvalue weighted by Gasteiger charge is 2.33. The van der Waals surface area contributed by atoms with Gasteiger partial charge in [-0.1, -0.05) is 32.6 Å². The number of carbonyl (C=O) groups is 3. The average Bonchev–Trinajstić information content (AvgIpc) is 2.50. The third kappa shape index (κ3) is 6.64. The van der Waals surface area contributed by atoms with E-state index in [4.69, 9.17) is 5.73 Å². The summed E-state index contributed by atoms with van der Waals surface area (Å²) in [6.45, 7) is 2.74. The lowest BCUT2D eigenvalue weighted by molar-refractivity contribution is -0.152. The zero-order valence-electron chi connectivity index (χ0n) is 13.4. The Morgan fingerprint density at radius 2 is 1.82 bits per heavy atom. The number of unbranched alkanes of at least 4 members (excludes halogenated alkanes) is 4. The first-order valence-corrected chi connectivity index (χ1v) is 7.76. The smallest absolute Gasteiger partial charge is 0.249 e. The SMILES string of the molecule is CCCCCCCC(=O)N(C(=O)[C@@H](N)[C@@H](C)O)[C@@H](C=O)CO. The lowest BCUT2D eigenvalue weighted by atomic mass is 10.1. The average molecular weight is 316 g/mol.